The molecule has 0 fully saturated rings. The molecule has 0 radical (unpaired) electrons. The fraction of sp³-hybridized carbons (Fsp3) is 0.0833. The summed E-state index contributed by atoms with van der Waals surface area (Å²) in [5.41, 5.74) is 1.62. The van der Waals surface area contributed by atoms with E-state index in [0.29, 0.717) is 12.0 Å². The van der Waals surface area contributed by atoms with Crippen LogP contribution in [0.3, 0.4) is 0 Å². The zero-order valence-electron chi connectivity index (χ0n) is 8.13. The van der Waals surface area contributed by atoms with Gasteiger partial charge in [0.15, 0.2) is 5.78 Å². The molecular formula is C12H10N2O. The number of Topliss-reactive ketones (excluding diaryl/α,β-unsaturated/α-hetero) is 1. The van der Waals surface area contributed by atoms with Crippen molar-refractivity contribution in [3.63, 3.8) is 0 Å². The van der Waals surface area contributed by atoms with Crippen molar-refractivity contribution >= 4 is 5.78 Å². The second-order valence-electron chi connectivity index (χ2n) is 3.22. The first-order valence-electron chi connectivity index (χ1n) is 4.70. The topological polar surface area (TPSA) is 42.9 Å². The molecule has 0 aliphatic carbocycles. The van der Waals surface area contributed by atoms with E-state index in [1.807, 2.05) is 30.3 Å². The highest BCUT2D eigenvalue weighted by Crippen LogP contribution is 2.05. The first-order chi connectivity index (χ1) is 7.36. The van der Waals surface area contributed by atoms with Crippen LogP contribution >= 0.6 is 0 Å². The Morgan fingerprint density at radius 1 is 1.07 bits per heavy atom. The molecule has 0 unspecified atom stereocenters. The van der Waals surface area contributed by atoms with Crippen LogP contribution in [0.15, 0.2) is 48.8 Å². The fourth-order valence-electron chi connectivity index (χ4n) is 1.34. The van der Waals surface area contributed by atoms with E-state index >= 15 is 0 Å². The number of rotatable bonds is 3. The van der Waals surface area contributed by atoms with E-state index in [1.54, 1.807) is 6.07 Å². The molecule has 0 aliphatic rings. The molecule has 1 heterocycles. The Hall–Kier alpha value is -2.03. The number of carbonyl (C=O) groups is 1. The van der Waals surface area contributed by atoms with Gasteiger partial charge in [-0.25, -0.2) is 0 Å². The van der Waals surface area contributed by atoms with E-state index in [4.69, 9.17) is 0 Å². The first kappa shape index (κ1) is 9.52. The van der Waals surface area contributed by atoms with Crippen molar-refractivity contribution in [3.8, 4) is 0 Å². The summed E-state index contributed by atoms with van der Waals surface area (Å²) in [6.45, 7) is 0. The second kappa shape index (κ2) is 4.46. The molecule has 0 spiro atoms. The average Bonchev–Trinajstić information content (AvgIpc) is 2.31. The van der Waals surface area contributed by atoms with Crippen LogP contribution in [0.2, 0.25) is 0 Å². The third-order valence-corrected chi connectivity index (χ3v) is 2.11. The monoisotopic (exact) mass is 198 g/mol. The maximum atomic E-state index is 11.7. The molecule has 2 aromatic rings. The van der Waals surface area contributed by atoms with E-state index in [9.17, 15) is 4.79 Å². The molecule has 0 atom stereocenters. The van der Waals surface area contributed by atoms with E-state index in [-0.39, 0.29) is 5.78 Å². The summed E-state index contributed by atoms with van der Waals surface area (Å²) in [7, 11) is 0. The molecule has 1 aromatic heterocycles. The van der Waals surface area contributed by atoms with Gasteiger partial charge in [0, 0.05) is 12.0 Å². The van der Waals surface area contributed by atoms with Gasteiger partial charge in [0.2, 0.25) is 0 Å². The van der Waals surface area contributed by atoms with Crippen molar-refractivity contribution < 1.29 is 4.79 Å². The van der Waals surface area contributed by atoms with Crippen molar-refractivity contribution in [2.24, 2.45) is 0 Å². The zero-order valence-corrected chi connectivity index (χ0v) is 8.13. The van der Waals surface area contributed by atoms with Gasteiger partial charge in [-0.3, -0.25) is 4.79 Å². The van der Waals surface area contributed by atoms with E-state index in [0.717, 1.165) is 5.56 Å². The largest absolute Gasteiger partial charge is 0.294 e. The van der Waals surface area contributed by atoms with Crippen molar-refractivity contribution in [3.05, 3.63) is 59.9 Å². The van der Waals surface area contributed by atoms with Crippen LogP contribution in [0.5, 0.6) is 0 Å². The summed E-state index contributed by atoms with van der Waals surface area (Å²) in [6.07, 6.45) is 3.43. The number of ketones is 1. The first-order valence-corrected chi connectivity index (χ1v) is 4.70. The molecule has 1 aromatic carbocycles. The third-order valence-electron chi connectivity index (χ3n) is 2.11. The van der Waals surface area contributed by atoms with E-state index in [2.05, 4.69) is 10.2 Å². The molecule has 2 rings (SSSR count). The second-order valence-corrected chi connectivity index (χ2v) is 3.22. The normalized spacial score (nSPS) is 9.87. The Bertz CT molecular complexity index is 440. The zero-order chi connectivity index (χ0) is 10.5. The molecule has 74 valence electrons. The predicted molar refractivity (Wildman–Crippen MR) is 56.5 cm³/mol. The summed E-state index contributed by atoms with van der Waals surface area (Å²) >= 11 is 0. The standard InChI is InChI=1S/C12H10N2O/c15-12(11-6-7-13-14-9-11)8-10-4-2-1-3-5-10/h1-7,9H,8H2. The van der Waals surface area contributed by atoms with Gasteiger partial charge in [0.1, 0.15) is 0 Å². The van der Waals surface area contributed by atoms with Crippen molar-refractivity contribution in [2.75, 3.05) is 0 Å². The predicted octanol–water partition coefficient (Wildman–Crippen LogP) is 1.90. The van der Waals surface area contributed by atoms with E-state index < -0.39 is 0 Å². The number of hydrogen-bond donors (Lipinski definition) is 0. The Balaban J connectivity index is 2.12. The Labute approximate surface area is 87.8 Å². The number of benzene rings is 1. The lowest BCUT2D eigenvalue weighted by atomic mass is 10.1. The molecule has 15 heavy (non-hydrogen) atoms. The Morgan fingerprint density at radius 2 is 1.87 bits per heavy atom. The summed E-state index contributed by atoms with van der Waals surface area (Å²) < 4.78 is 0. The lowest BCUT2D eigenvalue weighted by Crippen LogP contribution is -2.03. The Kier molecular flexibility index (Phi) is 2.83. The minimum atomic E-state index is 0.0658. The van der Waals surface area contributed by atoms with Crippen molar-refractivity contribution in [1.29, 1.82) is 0 Å². The van der Waals surface area contributed by atoms with Crippen LogP contribution in [0.1, 0.15) is 15.9 Å². The Morgan fingerprint density at radius 3 is 2.53 bits per heavy atom. The van der Waals surface area contributed by atoms with Crippen LogP contribution in [0.4, 0.5) is 0 Å². The lowest BCUT2D eigenvalue weighted by Gasteiger charge is -1.99. The number of aromatic nitrogens is 2. The molecular weight excluding hydrogens is 188 g/mol. The van der Waals surface area contributed by atoms with Crippen LogP contribution < -0.4 is 0 Å². The van der Waals surface area contributed by atoms with Crippen molar-refractivity contribution in [1.82, 2.24) is 10.2 Å². The molecule has 0 saturated heterocycles. The minimum Gasteiger partial charge on any atom is -0.294 e. The number of nitrogens with zero attached hydrogens (tertiary/aromatic N) is 2. The average molecular weight is 198 g/mol. The minimum absolute atomic E-state index is 0.0658. The quantitative estimate of drug-likeness (QED) is 0.707. The maximum Gasteiger partial charge on any atom is 0.168 e. The lowest BCUT2D eigenvalue weighted by molar-refractivity contribution is 0.0992. The smallest absolute Gasteiger partial charge is 0.168 e. The molecule has 0 aliphatic heterocycles. The highest BCUT2D eigenvalue weighted by Gasteiger charge is 2.06. The SMILES string of the molecule is O=C(Cc1ccccc1)c1ccnnc1. The van der Waals surface area contributed by atoms with Crippen LogP contribution in [0.25, 0.3) is 0 Å². The molecule has 0 amide bonds. The van der Waals surface area contributed by atoms with Gasteiger partial charge in [-0.05, 0) is 11.6 Å². The molecule has 0 N–H and O–H groups in total. The summed E-state index contributed by atoms with van der Waals surface area (Å²) in [4.78, 5) is 11.7. The van der Waals surface area contributed by atoms with Gasteiger partial charge in [-0.2, -0.15) is 10.2 Å². The molecule has 0 bridgehead atoms. The number of hydrogen-bond acceptors (Lipinski definition) is 3. The van der Waals surface area contributed by atoms with Gasteiger partial charge in [-0.15, -0.1) is 0 Å². The number of carbonyl (C=O) groups excluding carboxylic acids is 1. The van der Waals surface area contributed by atoms with E-state index in [1.165, 1.54) is 12.4 Å². The highest BCUT2D eigenvalue weighted by molar-refractivity contribution is 5.97. The fourth-order valence-corrected chi connectivity index (χ4v) is 1.34. The highest BCUT2D eigenvalue weighted by atomic mass is 16.1. The van der Waals surface area contributed by atoms with Gasteiger partial charge >= 0.3 is 0 Å². The van der Waals surface area contributed by atoms with Crippen molar-refractivity contribution in [2.45, 2.75) is 6.42 Å². The van der Waals surface area contributed by atoms with Crippen LogP contribution in [0, 0.1) is 0 Å². The van der Waals surface area contributed by atoms with Gasteiger partial charge in [-0.1, -0.05) is 30.3 Å². The van der Waals surface area contributed by atoms with Gasteiger partial charge < -0.3 is 0 Å². The molecule has 3 heteroatoms. The summed E-state index contributed by atoms with van der Waals surface area (Å²) in [6, 6.07) is 11.3. The van der Waals surface area contributed by atoms with Crippen LogP contribution in [-0.2, 0) is 6.42 Å². The molecule has 0 saturated carbocycles. The summed E-state index contributed by atoms with van der Waals surface area (Å²) in [5, 5.41) is 7.31. The summed E-state index contributed by atoms with van der Waals surface area (Å²) in [5.74, 6) is 0.0658. The third kappa shape index (κ3) is 2.47. The maximum absolute atomic E-state index is 11.7. The van der Waals surface area contributed by atoms with Crippen LogP contribution in [-0.4, -0.2) is 16.0 Å². The van der Waals surface area contributed by atoms with Gasteiger partial charge in [0.25, 0.3) is 0 Å². The molecule has 3 nitrogen and oxygen atoms in total. The van der Waals surface area contributed by atoms with Gasteiger partial charge in [0.05, 0.1) is 12.4 Å².